The molecule has 1 spiro atoms. The van der Waals surface area contributed by atoms with Crippen LogP contribution in [0.5, 0.6) is 0 Å². The fourth-order valence-electron chi connectivity index (χ4n) is 4.77. The largest absolute Gasteiger partial charge is 0.360 e. The topological polar surface area (TPSA) is 82.8 Å². The first-order valence-electron chi connectivity index (χ1n) is 11.9. The maximum atomic E-state index is 15.2. The molecule has 0 radical (unpaired) electrons. The number of amides is 2. The highest BCUT2D eigenvalue weighted by molar-refractivity contribution is 7.81. The number of halogens is 1. The van der Waals surface area contributed by atoms with Crippen LogP contribution in [0.4, 0.5) is 21.6 Å². The number of thiocarbonyl (C=S) groups is 1. The number of aromatic nitrogens is 2. The molecular formula is C27H23FN6O2S. The van der Waals surface area contributed by atoms with E-state index in [1.165, 1.54) is 23.2 Å². The minimum absolute atomic E-state index is 0.0877. The standard InChI is InChI=1S/C27H23FN6O2S/c1-17-14-20(16-32-23(17)29-2)33-25(36)27(10-5-11-27)34(26(33)37)19-7-8-21(22(28)15-19)24(35)31-13-9-18-6-3-4-12-30-18/h3-4,6-8,12,14-16H,5,9-11,13H2,1H3,(H,31,35). The van der Waals surface area contributed by atoms with E-state index in [0.717, 1.165) is 12.1 Å². The van der Waals surface area contributed by atoms with Crippen LogP contribution in [0.25, 0.3) is 4.85 Å². The molecule has 1 aromatic carbocycles. The molecule has 1 aliphatic heterocycles. The van der Waals surface area contributed by atoms with Crippen molar-refractivity contribution >= 4 is 46.3 Å². The fourth-order valence-corrected chi connectivity index (χ4v) is 5.24. The number of aryl methyl sites for hydroxylation is 1. The number of anilines is 2. The Balaban J connectivity index is 1.38. The lowest BCUT2D eigenvalue weighted by molar-refractivity contribution is -0.123. The Morgan fingerprint density at radius 3 is 2.65 bits per heavy atom. The highest BCUT2D eigenvalue weighted by atomic mass is 32.1. The van der Waals surface area contributed by atoms with Crippen molar-refractivity contribution in [2.24, 2.45) is 0 Å². The molecule has 0 atom stereocenters. The summed E-state index contributed by atoms with van der Waals surface area (Å²) < 4.78 is 15.2. The minimum Gasteiger partial charge on any atom is -0.360 e. The quantitative estimate of drug-likeness (QED) is 0.385. The van der Waals surface area contributed by atoms with Crippen LogP contribution in [0, 0.1) is 19.3 Å². The van der Waals surface area contributed by atoms with Crippen LogP contribution in [0.1, 0.15) is 40.9 Å². The van der Waals surface area contributed by atoms with Gasteiger partial charge in [-0.25, -0.2) is 4.39 Å². The smallest absolute Gasteiger partial charge is 0.272 e. The van der Waals surface area contributed by atoms with Gasteiger partial charge in [-0.1, -0.05) is 12.6 Å². The molecule has 0 unspecified atom stereocenters. The van der Waals surface area contributed by atoms with Crippen molar-refractivity contribution in [1.29, 1.82) is 0 Å². The molecule has 10 heteroatoms. The van der Waals surface area contributed by atoms with E-state index in [0.29, 0.717) is 42.7 Å². The van der Waals surface area contributed by atoms with E-state index < -0.39 is 17.3 Å². The van der Waals surface area contributed by atoms with E-state index in [1.807, 2.05) is 18.2 Å². The van der Waals surface area contributed by atoms with Crippen molar-refractivity contribution in [2.45, 2.75) is 38.1 Å². The molecule has 1 saturated carbocycles. The molecule has 37 heavy (non-hydrogen) atoms. The maximum Gasteiger partial charge on any atom is 0.272 e. The van der Waals surface area contributed by atoms with Crippen LogP contribution < -0.4 is 15.1 Å². The monoisotopic (exact) mass is 514 g/mol. The first-order chi connectivity index (χ1) is 17.9. The van der Waals surface area contributed by atoms with Gasteiger partial charge in [-0.3, -0.25) is 19.5 Å². The predicted octanol–water partition coefficient (Wildman–Crippen LogP) is 4.51. The molecule has 2 aromatic heterocycles. The number of hydrogen-bond acceptors (Lipinski definition) is 5. The summed E-state index contributed by atoms with van der Waals surface area (Å²) in [4.78, 5) is 41.1. The van der Waals surface area contributed by atoms with Crippen molar-refractivity contribution in [3.8, 4) is 0 Å². The molecule has 1 saturated heterocycles. The number of pyridine rings is 2. The second kappa shape index (κ2) is 9.67. The Labute approximate surface area is 219 Å². The summed E-state index contributed by atoms with van der Waals surface area (Å²) in [6.45, 7) is 9.28. The third-order valence-corrected chi connectivity index (χ3v) is 7.21. The molecule has 8 nitrogen and oxygen atoms in total. The van der Waals surface area contributed by atoms with Crippen molar-refractivity contribution in [1.82, 2.24) is 15.3 Å². The van der Waals surface area contributed by atoms with Gasteiger partial charge in [0, 0.05) is 30.5 Å². The number of rotatable bonds is 6. The predicted molar refractivity (Wildman–Crippen MR) is 141 cm³/mol. The number of carbonyl (C=O) groups is 2. The summed E-state index contributed by atoms with van der Waals surface area (Å²) in [7, 11) is 0. The van der Waals surface area contributed by atoms with E-state index in [4.69, 9.17) is 18.8 Å². The van der Waals surface area contributed by atoms with Gasteiger partial charge < -0.3 is 15.1 Å². The van der Waals surface area contributed by atoms with Gasteiger partial charge >= 0.3 is 0 Å². The Hall–Kier alpha value is -4.23. The molecule has 0 bridgehead atoms. The average Bonchev–Trinajstić information content (AvgIpc) is 3.11. The van der Waals surface area contributed by atoms with Gasteiger partial charge in [-0.05, 0) is 80.4 Å². The van der Waals surface area contributed by atoms with E-state index in [9.17, 15) is 9.59 Å². The SMILES string of the molecule is [C-]#[N+]c1ncc(N2C(=O)C3(CCC3)N(c3ccc(C(=O)NCCc4ccccn4)c(F)c3)C2=S)cc1C. The molecule has 186 valence electrons. The van der Waals surface area contributed by atoms with Gasteiger partial charge in [0.1, 0.15) is 17.6 Å². The van der Waals surface area contributed by atoms with Gasteiger partial charge in [0.05, 0.1) is 11.3 Å². The zero-order chi connectivity index (χ0) is 26.2. The first kappa shape index (κ1) is 24.5. The summed E-state index contributed by atoms with van der Waals surface area (Å²) in [5.74, 6) is -1.17. The lowest BCUT2D eigenvalue weighted by atomic mass is 9.75. The summed E-state index contributed by atoms with van der Waals surface area (Å²) >= 11 is 5.72. The van der Waals surface area contributed by atoms with E-state index >= 15 is 4.39 Å². The molecule has 5 rings (SSSR count). The van der Waals surface area contributed by atoms with Crippen LogP contribution in [0.3, 0.4) is 0 Å². The summed E-state index contributed by atoms with van der Waals surface area (Å²) in [5.41, 5.74) is 1.35. The highest BCUT2D eigenvalue weighted by Crippen LogP contribution is 2.48. The van der Waals surface area contributed by atoms with Gasteiger partial charge in [0.2, 0.25) is 0 Å². The maximum absolute atomic E-state index is 15.2. The summed E-state index contributed by atoms with van der Waals surface area (Å²) in [6, 6.07) is 11.5. The molecule has 3 aromatic rings. The Morgan fingerprint density at radius 2 is 2.03 bits per heavy atom. The molecule has 2 amide bonds. The lowest BCUT2D eigenvalue weighted by Gasteiger charge is -2.43. The van der Waals surface area contributed by atoms with Gasteiger partial charge in [0.25, 0.3) is 17.6 Å². The molecule has 2 aliphatic rings. The van der Waals surface area contributed by atoms with Crippen molar-refractivity contribution < 1.29 is 14.0 Å². The zero-order valence-electron chi connectivity index (χ0n) is 20.1. The molecule has 1 N–H and O–H groups in total. The number of benzene rings is 1. The number of nitrogens with one attached hydrogen (secondary N) is 1. The molecule has 1 aliphatic carbocycles. The second-order valence-electron chi connectivity index (χ2n) is 9.08. The van der Waals surface area contributed by atoms with E-state index in [-0.39, 0.29) is 22.4 Å². The van der Waals surface area contributed by atoms with Crippen molar-refractivity contribution in [2.75, 3.05) is 16.3 Å². The third kappa shape index (κ3) is 4.21. The van der Waals surface area contributed by atoms with Gasteiger partial charge in [-0.2, -0.15) is 0 Å². The van der Waals surface area contributed by atoms with Crippen LogP contribution in [-0.2, 0) is 11.2 Å². The molecule has 3 heterocycles. The first-order valence-corrected chi connectivity index (χ1v) is 12.3. The van der Waals surface area contributed by atoms with Gasteiger partial charge in [-0.15, -0.1) is 4.98 Å². The van der Waals surface area contributed by atoms with Crippen LogP contribution >= 0.6 is 12.2 Å². The van der Waals surface area contributed by atoms with Crippen molar-refractivity contribution in [3.05, 3.63) is 88.9 Å². The summed E-state index contributed by atoms with van der Waals surface area (Å²) in [5, 5.41) is 2.94. The third-order valence-electron chi connectivity index (χ3n) is 6.84. The Bertz CT molecular complexity index is 1450. The normalized spacial score (nSPS) is 16.0. The van der Waals surface area contributed by atoms with Crippen LogP contribution in [0.2, 0.25) is 0 Å². The molecular weight excluding hydrogens is 491 g/mol. The second-order valence-corrected chi connectivity index (χ2v) is 9.45. The van der Waals surface area contributed by atoms with E-state index in [2.05, 4.69) is 20.1 Å². The summed E-state index contributed by atoms with van der Waals surface area (Å²) in [6.07, 6.45) is 5.66. The van der Waals surface area contributed by atoms with Crippen LogP contribution in [-0.4, -0.2) is 39.0 Å². The number of carbonyl (C=O) groups excluding carboxylic acids is 2. The fraction of sp³-hybridized carbons (Fsp3) is 0.259. The van der Waals surface area contributed by atoms with Crippen molar-refractivity contribution in [3.63, 3.8) is 0 Å². The Morgan fingerprint density at radius 1 is 1.22 bits per heavy atom. The minimum atomic E-state index is -0.900. The average molecular weight is 515 g/mol. The van der Waals surface area contributed by atoms with Gasteiger partial charge in [0.15, 0.2) is 5.11 Å². The number of nitrogens with zero attached hydrogens (tertiary/aromatic N) is 5. The number of hydrogen-bond donors (Lipinski definition) is 1. The van der Waals surface area contributed by atoms with E-state index in [1.54, 1.807) is 30.2 Å². The zero-order valence-corrected chi connectivity index (χ0v) is 20.9. The Kier molecular flexibility index (Phi) is 6.39. The lowest BCUT2D eigenvalue weighted by Crippen LogP contribution is -2.55. The molecule has 2 fully saturated rings. The highest BCUT2D eigenvalue weighted by Gasteiger charge is 2.59. The van der Waals surface area contributed by atoms with Crippen LogP contribution in [0.15, 0.2) is 54.9 Å².